The van der Waals surface area contributed by atoms with Crippen molar-refractivity contribution in [3.8, 4) is 0 Å². The third kappa shape index (κ3) is 31.1. The molecule has 0 radical (unpaired) electrons. The molecule has 0 aromatic heterocycles. The molecule has 0 unspecified atom stereocenters. The molecule has 0 aliphatic rings. The van der Waals surface area contributed by atoms with Crippen molar-refractivity contribution in [2.45, 2.75) is 0 Å². The van der Waals surface area contributed by atoms with Gasteiger partial charge in [-0.25, -0.2) is 0 Å². The molecule has 0 bridgehead atoms. The van der Waals surface area contributed by atoms with E-state index in [1.54, 1.807) is 0 Å². The molecule has 0 amide bonds. The molecule has 0 rings (SSSR count). The molecule has 37 valence electrons. The van der Waals surface area contributed by atoms with Crippen molar-refractivity contribution in [2.75, 3.05) is 0 Å². The van der Waals surface area contributed by atoms with Crippen molar-refractivity contribution in [1.29, 1.82) is 0 Å². The monoisotopic (exact) mass is 255 g/mol. The van der Waals surface area contributed by atoms with Crippen LogP contribution in [0.25, 0.3) is 0 Å². The van der Waals surface area contributed by atoms with Crippen molar-refractivity contribution in [2.24, 2.45) is 0 Å². The summed E-state index contributed by atoms with van der Waals surface area (Å²) in [7, 11) is 14.7. The summed E-state index contributed by atoms with van der Waals surface area (Å²) in [5, 5.41) is 0. The van der Waals surface area contributed by atoms with Gasteiger partial charge in [-0.3, -0.25) is 0 Å². The van der Waals surface area contributed by atoms with Gasteiger partial charge < -0.3 is 0 Å². The Morgan fingerprint density at radius 2 is 1.00 bits per heavy atom. The second-order valence-electron chi connectivity index (χ2n) is 0.152. The van der Waals surface area contributed by atoms with E-state index in [1.807, 2.05) is 0 Å². The van der Waals surface area contributed by atoms with Gasteiger partial charge in [0.25, 0.3) is 0 Å². The molecule has 0 heterocycles. The van der Waals surface area contributed by atoms with Gasteiger partial charge in [0.05, 0.1) is 0 Å². The van der Waals surface area contributed by atoms with Gasteiger partial charge in [0.1, 0.15) is 0 Å². The predicted molar refractivity (Wildman–Crippen MR) is 27.5 cm³/mol. The Morgan fingerprint density at radius 1 is 1.00 bits per heavy atom. The quantitative estimate of drug-likeness (QED) is 0.565. The van der Waals surface area contributed by atoms with Gasteiger partial charge in [-0.05, 0) is 0 Å². The van der Waals surface area contributed by atoms with Gasteiger partial charge in [-0.1, -0.05) is 0 Å². The summed E-state index contributed by atoms with van der Waals surface area (Å²) >= 11 is -1.33. The van der Waals surface area contributed by atoms with Crippen LogP contribution in [-0.2, 0) is 30.6 Å². The summed E-state index contributed by atoms with van der Waals surface area (Å²) in [5.41, 5.74) is 0. The van der Waals surface area contributed by atoms with Gasteiger partial charge >= 0.3 is 41.5 Å². The SMILES string of the molecule is [AlH3].[Cl][Fe]([Cl])[Cl].[Zn]. The molecule has 0 saturated carbocycles. The third-order valence-corrected chi connectivity index (χ3v) is 0. The summed E-state index contributed by atoms with van der Waals surface area (Å²) < 4.78 is 0. The van der Waals surface area contributed by atoms with Crippen LogP contribution in [-0.4, -0.2) is 17.4 Å². The fourth-order valence-electron chi connectivity index (χ4n) is 0. The summed E-state index contributed by atoms with van der Waals surface area (Å²) in [5.74, 6) is 0. The van der Waals surface area contributed by atoms with E-state index in [0.717, 1.165) is 0 Å². The first-order valence-electron chi connectivity index (χ1n) is 0.401. The molecular weight excluding hydrogens is 255 g/mol. The van der Waals surface area contributed by atoms with E-state index in [0.29, 0.717) is 0 Å². The zero-order valence-electron chi connectivity index (χ0n) is 2.19. The second kappa shape index (κ2) is 10.5. The molecule has 0 aliphatic heterocycles. The molecule has 0 N–H and O–H groups in total. The summed E-state index contributed by atoms with van der Waals surface area (Å²) in [6.07, 6.45) is 0. The van der Waals surface area contributed by atoms with E-state index in [2.05, 4.69) is 0 Å². The molecule has 0 spiro atoms. The maximum Gasteiger partial charge on any atom is 0 e. The fourth-order valence-corrected chi connectivity index (χ4v) is 0. The van der Waals surface area contributed by atoms with E-state index in [9.17, 15) is 0 Å². The van der Waals surface area contributed by atoms with Gasteiger partial charge in [-0.15, -0.1) is 0 Å². The average Bonchev–Trinajstić information content (AvgIpc) is 0.811. The standard InChI is InChI=1S/Al.3ClH.Fe.Zn.3H/h;3*1H;;;;;/q;;;;+3;;;;/p-3. The Hall–Kier alpha value is 2.55. The van der Waals surface area contributed by atoms with Gasteiger partial charge in [0.15, 0.2) is 17.4 Å². The Bertz CT molecular complexity index is 15.5. The largest absolute Gasteiger partial charge is 0 e. The Morgan fingerprint density at radius 3 is 1.00 bits per heavy atom. The summed E-state index contributed by atoms with van der Waals surface area (Å²) in [6, 6.07) is 0. The predicted octanol–water partition coefficient (Wildman–Crippen LogP) is 0.880. The molecule has 0 aromatic carbocycles. The van der Waals surface area contributed by atoms with Crippen LogP contribution in [0.3, 0.4) is 0 Å². The van der Waals surface area contributed by atoms with E-state index >= 15 is 0 Å². The van der Waals surface area contributed by atoms with Crippen molar-refractivity contribution in [1.82, 2.24) is 0 Å². The first-order chi connectivity index (χ1) is 1.73. The molecule has 0 nitrogen and oxygen atoms in total. The Kier molecular flexibility index (Phi) is 27.7. The molecule has 0 aliphatic carbocycles. The number of hydrogen-bond donors (Lipinski definition) is 0. The molecule has 0 aromatic rings. The van der Waals surface area contributed by atoms with Crippen molar-refractivity contribution in [3.63, 3.8) is 0 Å². The summed E-state index contributed by atoms with van der Waals surface area (Å²) in [4.78, 5) is 0. The van der Waals surface area contributed by atoms with E-state index in [1.165, 1.54) is 0 Å². The number of hydrogen-bond acceptors (Lipinski definition) is 0. The maximum absolute atomic E-state index is 4.89. The van der Waals surface area contributed by atoms with Gasteiger partial charge in [0, 0.05) is 19.5 Å². The van der Waals surface area contributed by atoms with Crippen LogP contribution in [0.1, 0.15) is 0 Å². The van der Waals surface area contributed by atoms with Crippen molar-refractivity contribution >= 4 is 47.7 Å². The topological polar surface area (TPSA) is 0 Å². The van der Waals surface area contributed by atoms with Gasteiger partial charge in [0.2, 0.25) is 0 Å². The Balaban J connectivity index is -0.0000000450. The van der Waals surface area contributed by atoms with Crippen LogP contribution >= 0.6 is 30.3 Å². The summed E-state index contributed by atoms with van der Waals surface area (Å²) in [6.45, 7) is 0. The van der Waals surface area contributed by atoms with Crippen LogP contribution in [0.15, 0.2) is 0 Å². The Labute approximate surface area is 77.4 Å². The van der Waals surface area contributed by atoms with Crippen LogP contribution in [0.4, 0.5) is 0 Å². The molecule has 0 fully saturated rings. The second-order valence-corrected chi connectivity index (χ2v) is 5.62. The van der Waals surface area contributed by atoms with E-state index < -0.39 is 11.2 Å². The van der Waals surface area contributed by atoms with E-state index in [-0.39, 0.29) is 36.8 Å². The fraction of sp³-hybridized carbons (Fsp3) is 0. The van der Waals surface area contributed by atoms with Crippen molar-refractivity contribution < 1.29 is 30.6 Å². The number of halogens is 3. The first kappa shape index (κ1) is 15.8. The first-order valence-corrected chi connectivity index (χ1v) is 4.96. The van der Waals surface area contributed by atoms with Crippen molar-refractivity contribution in [3.05, 3.63) is 0 Å². The average molecular weight is 258 g/mol. The van der Waals surface area contributed by atoms with E-state index in [4.69, 9.17) is 30.3 Å². The van der Waals surface area contributed by atoms with Crippen LogP contribution in [0.5, 0.6) is 0 Å². The molecule has 6 heavy (non-hydrogen) atoms. The van der Waals surface area contributed by atoms with Crippen LogP contribution < -0.4 is 0 Å². The maximum atomic E-state index is 4.89. The smallest absolute Gasteiger partial charge is 0 e. The van der Waals surface area contributed by atoms with Crippen LogP contribution in [0, 0.1) is 0 Å². The normalized spacial score (nSPS) is 7.50. The molecule has 6 heteroatoms. The number of rotatable bonds is 0. The third-order valence-electron chi connectivity index (χ3n) is 0. The molecule has 0 atom stereocenters. The molecule has 0 saturated heterocycles. The van der Waals surface area contributed by atoms with Crippen LogP contribution in [0.2, 0.25) is 0 Å². The zero-order chi connectivity index (χ0) is 3.58. The minimum atomic E-state index is -1.33. The minimum absolute atomic E-state index is 0. The van der Waals surface area contributed by atoms with Gasteiger partial charge in [-0.2, -0.15) is 0 Å². The molecular formula is H3AlCl3FeZn. The minimum Gasteiger partial charge on any atom is 0 e. The zero-order valence-corrected chi connectivity index (χ0v) is 8.53.